The number of hydrogen-bond acceptors (Lipinski definition) is 3. The highest BCUT2D eigenvalue weighted by molar-refractivity contribution is 5.91. The van der Waals surface area contributed by atoms with Gasteiger partial charge in [0.2, 0.25) is 0 Å². The Morgan fingerprint density at radius 2 is 2.09 bits per heavy atom. The maximum Gasteiger partial charge on any atom is 0.287 e. The third-order valence-corrected chi connectivity index (χ3v) is 4.33. The zero-order chi connectivity index (χ0) is 16.2. The first-order valence-electron chi connectivity index (χ1n) is 8.30. The third-order valence-electron chi connectivity index (χ3n) is 4.33. The molecule has 0 aliphatic heterocycles. The van der Waals surface area contributed by atoms with Crippen LogP contribution in [-0.2, 0) is 19.4 Å². The number of amides is 1. The first-order chi connectivity index (χ1) is 11.2. The van der Waals surface area contributed by atoms with Crippen LogP contribution in [0.15, 0.2) is 34.7 Å². The number of carbonyl (C=O) groups excluding carboxylic acids is 1. The van der Waals surface area contributed by atoms with E-state index in [0.717, 1.165) is 18.6 Å². The SMILES string of the molecule is CCC(C)NC(=O)c1ccc(COc2ccc3c(c2)CCC3)o1. The lowest BCUT2D eigenvalue weighted by atomic mass is 10.1. The molecule has 1 aromatic heterocycles. The van der Waals surface area contributed by atoms with Gasteiger partial charge in [0.25, 0.3) is 5.91 Å². The van der Waals surface area contributed by atoms with Crippen molar-refractivity contribution >= 4 is 5.91 Å². The van der Waals surface area contributed by atoms with E-state index in [1.54, 1.807) is 12.1 Å². The van der Waals surface area contributed by atoms with Crippen molar-refractivity contribution in [3.05, 3.63) is 53.0 Å². The Morgan fingerprint density at radius 1 is 1.26 bits per heavy atom. The number of fused-ring (bicyclic) bond motifs is 1. The number of aryl methyl sites for hydroxylation is 2. The van der Waals surface area contributed by atoms with Gasteiger partial charge in [-0.15, -0.1) is 0 Å². The molecule has 0 spiro atoms. The lowest BCUT2D eigenvalue weighted by molar-refractivity contribution is 0.0907. The van der Waals surface area contributed by atoms with Crippen LogP contribution in [0.25, 0.3) is 0 Å². The van der Waals surface area contributed by atoms with Gasteiger partial charge >= 0.3 is 0 Å². The van der Waals surface area contributed by atoms with E-state index in [1.165, 1.54) is 24.0 Å². The topological polar surface area (TPSA) is 51.5 Å². The molecule has 0 bridgehead atoms. The van der Waals surface area contributed by atoms with Crippen molar-refractivity contribution in [3.63, 3.8) is 0 Å². The predicted molar refractivity (Wildman–Crippen MR) is 88.7 cm³/mol. The van der Waals surface area contributed by atoms with Gasteiger partial charge in [-0.25, -0.2) is 0 Å². The number of rotatable bonds is 6. The van der Waals surface area contributed by atoms with E-state index in [4.69, 9.17) is 9.15 Å². The summed E-state index contributed by atoms with van der Waals surface area (Å²) in [4.78, 5) is 12.0. The van der Waals surface area contributed by atoms with Crippen molar-refractivity contribution in [3.8, 4) is 5.75 Å². The van der Waals surface area contributed by atoms with Crippen LogP contribution in [0.4, 0.5) is 0 Å². The molecule has 0 saturated carbocycles. The molecule has 0 fully saturated rings. The van der Waals surface area contributed by atoms with Gasteiger partial charge in [-0.05, 0) is 68.0 Å². The van der Waals surface area contributed by atoms with Crippen LogP contribution >= 0.6 is 0 Å². The lowest BCUT2D eigenvalue weighted by Crippen LogP contribution is -2.31. The molecule has 0 radical (unpaired) electrons. The second-order valence-corrected chi connectivity index (χ2v) is 6.12. The molecule has 23 heavy (non-hydrogen) atoms. The highest BCUT2D eigenvalue weighted by Gasteiger charge is 2.14. The Bertz CT molecular complexity index is 690. The van der Waals surface area contributed by atoms with E-state index in [0.29, 0.717) is 18.1 Å². The average Bonchev–Trinajstić information content (AvgIpc) is 3.21. The van der Waals surface area contributed by atoms with Crippen LogP contribution in [0.2, 0.25) is 0 Å². The summed E-state index contributed by atoms with van der Waals surface area (Å²) in [6, 6.07) is 9.88. The largest absolute Gasteiger partial charge is 0.486 e. The van der Waals surface area contributed by atoms with E-state index in [1.807, 2.05) is 19.9 Å². The van der Waals surface area contributed by atoms with Crippen molar-refractivity contribution in [2.75, 3.05) is 0 Å². The molecule has 1 heterocycles. The van der Waals surface area contributed by atoms with Gasteiger partial charge in [-0.3, -0.25) is 4.79 Å². The molecule has 0 saturated heterocycles. The van der Waals surface area contributed by atoms with Gasteiger partial charge in [0.1, 0.15) is 18.1 Å². The Morgan fingerprint density at radius 3 is 2.91 bits per heavy atom. The van der Waals surface area contributed by atoms with Gasteiger partial charge in [0, 0.05) is 6.04 Å². The van der Waals surface area contributed by atoms with Crippen molar-refractivity contribution in [2.24, 2.45) is 0 Å². The highest BCUT2D eigenvalue weighted by Crippen LogP contribution is 2.26. The molecule has 1 aliphatic rings. The minimum Gasteiger partial charge on any atom is -0.486 e. The quantitative estimate of drug-likeness (QED) is 0.880. The van der Waals surface area contributed by atoms with Gasteiger partial charge in [0.05, 0.1) is 0 Å². The first kappa shape index (κ1) is 15.7. The zero-order valence-corrected chi connectivity index (χ0v) is 13.7. The molecule has 1 unspecified atom stereocenters. The predicted octanol–water partition coefficient (Wildman–Crippen LogP) is 3.88. The molecular weight excluding hydrogens is 290 g/mol. The molecule has 122 valence electrons. The van der Waals surface area contributed by atoms with Crippen LogP contribution in [0.3, 0.4) is 0 Å². The van der Waals surface area contributed by atoms with Crippen LogP contribution in [-0.4, -0.2) is 11.9 Å². The van der Waals surface area contributed by atoms with Crippen molar-refractivity contribution in [2.45, 2.75) is 52.2 Å². The van der Waals surface area contributed by atoms with Gasteiger partial charge in [-0.2, -0.15) is 0 Å². The fourth-order valence-electron chi connectivity index (χ4n) is 2.77. The van der Waals surface area contributed by atoms with Crippen LogP contribution in [0, 0.1) is 0 Å². The zero-order valence-electron chi connectivity index (χ0n) is 13.7. The minimum atomic E-state index is -0.178. The summed E-state index contributed by atoms with van der Waals surface area (Å²) in [6.45, 7) is 4.33. The van der Waals surface area contributed by atoms with Crippen molar-refractivity contribution in [1.82, 2.24) is 5.32 Å². The van der Waals surface area contributed by atoms with Crippen molar-refractivity contribution in [1.29, 1.82) is 0 Å². The highest BCUT2D eigenvalue weighted by atomic mass is 16.5. The summed E-state index contributed by atoms with van der Waals surface area (Å²) in [5.41, 5.74) is 2.81. The average molecular weight is 313 g/mol. The maximum absolute atomic E-state index is 12.0. The van der Waals surface area contributed by atoms with Crippen LogP contribution in [0.5, 0.6) is 5.75 Å². The third kappa shape index (κ3) is 3.76. The fraction of sp³-hybridized carbons (Fsp3) is 0.421. The number of furan rings is 1. The molecule has 2 aromatic rings. The first-order valence-corrected chi connectivity index (χ1v) is 8.30. The standard InChI is InChI=1S/C19H23NO3/c1-3-13(2)20-19(21)18-10-9-17(23-18)12-22-16-8-7-14-5-4-6-15(14)11-16/h7-11,13H,3-6,12H2,1-2H3,(H,20,21). The summed E-state index contributed by atoms with van der Waals surface area (Å²) >= 11 is 0. The Kier molecular flexibility index (Phi) is 4.70. The second-order valence-electron chi connectivity index (χ2n) is 6.12. The lowest BCUT2D eigenvalue weighted by Gasteiger charge is -2.09. The fourth-order valence-corrected chi connectivity index (χ4v) is 2.77. The monoisotopic (exact) mass is 313 g/mol. The molecule has 1 atom stereocenters. The van der Waals surface area contributed by atoms with E-state index in [2.05, 4.69) is 17.4 Å². The molecule has 1 amide bonds. The number of carbonyl (C=O) groups is 1. The second kappa shape index (κ2) is 6.90. The maximum atomic E-state index is 12.0. The number of benzene rings is 1. The normalized spacial score (nSPS) is 14.3. The number of nitrogens with one attached hydrogen (secondary N) is 1. The van der Waals surface area contributed by atoms with Gasteiger partial charge in [-0.1, -0.05) is 13.0 Å². The summed E-state index contributed by atoms with van der Waals surface area (Å²) in [5.74, 6) is 1.66. The van der Waals surface area contributed by atoms with E-state index in [9.17, 15) is 4.79 Å². The summed E-state index contributed by atoms with van der Waals surface area (Å²) in [6.07, 6.45) is 4.42. The summed E-state index contributed by atoms with van der Waals surface area (Å²) in [5, 5.41) is 2.89. The summed E-state index contributed by atoms with van der Waals surface area (Å²) < 4.78 is 11.4. The number of hydrogen-bond donors (Lipinski definition) is 1. The van der Waals surface area contributed by atoms with E-state index in [-0.39, 0.29) is 11.9 Å². The molecule has 3 rings (SSSR count). The molecule has 1 aromatic carbocycles. The summed E-state index contributed by atoms with van der Waals surface area (Å²) in [7, 11) is 0. The van der Waals surface area contributed by atoms with E-state index >= 15 is 0 Å². The van der Waals surface area contributed by atoms with Crippen LogP contribution in [0.1, 0.15) is 54.1 Å². The molecule has 4 heteroatoms. The Balaban J connectivity index is 1.58. The minimum absolute atomic E-state index is 0.138. The smallest absolute Gasteiger partial charge is 0.287 e. The molecular formula is C19H23NO3. The van der Waals surface area contributed by atoms with Gasteiger partial charge < -0.3 is 14.5 Å². The molecule has 4 nitrogen and oxygen atoms in total. The number of ether oxygens (including phenoxy) is 1. The van der Waals surface area contributed by atoms with Gasteiger partial charge in [0.15, 0.2) is 5.76 Å². The van der Waals surface area contributed by atoms with Crippen molar-refractivity contribution < 1.29 is 13.9 Å². The Hall–Kier alpha value is -2.23. The van der Waals surface area contributed by atoms with E-state index < -0.39 is 0 Å². The Labute approximate surface area is 136 Å². The van der Waals surface area contributed by atoms with Crippen LogP contribution < -0.4 is 10.1 Å². The molecule has 1 N–H and O–H groups in total. The molecule has 1 aliphatic carbocycles.